The van der Waals surface area contributed by atoms with Gasteiger partial charge in [-0.1, -0.05) is 0 Å². The monoisotopic (exact) mass is 424 g/mol. The fourth-order valence-electron chi connectivity index (χ4n) is 4.18. The van der Waals surface area contributed by atoms with Gasteiger partial charge in [-0.3, -0.25) is 14.4 Å². The highest BCUT2D eigenvalue weighted by molar-refractivity contribution is 5.92. The highest BCUT2D eigenvalue weighted by Gasteiger charge is 2.40. The first-order valence-electron chi connectivity index (χ1n) is 11.0. The number of likely N-dealkylation sites (tertiary alicyclic amines) is 1. The average Bonchev–Trinajstić information content (AvgIpc) is 2.72. The van der Waals surface area contributed by atoms with Gasteiger partial charge in [0.1, 0.15) is 0 Å². The number of carbonyl (C=O) groups is 4. The van der Waals surface area contributed by atoms with Crippen molar-refractivity contribution in [2.75, 3.05) is 32.8 Å². The second-order valence-electron chi connectivity index (χ2n) is 8.43. The zero-order valence-electron chi connectivity index (χ0n) is 18.4. The van der Waals surface area contributed by atoms with Crippen molar-refractivity contribution >= 4 is 23.7 Å². The minimum Gasteiger partial charge on any atom is -0.463 e. The maximum Gasteiger partial charge on any atom is 0.352 e. The largest absolute Gasteiger partial charge is 0.463 e. The van der Waals surface area contributed by atoms with E-state index in [-0.39, 0.29) is 18.4 Å². The van der Waals surface area contributed by atoms with Crippen LogP contribution in [0.3, 0.4) is 0 Å². The topological polar surface area (TPSA) is 117 Å². The van der Waals surface area contributed by atoms with Crippen LogP contribution in [0.25, 0.3) is 0 Å². The van der Waals surface area contributed by atoms with Crippen molar-refractivity contribution in [3.8, 4) is 0 Å². The number of nitrogens with one attached hydrogen (secondary N) is 3. The second-order valence-corrected chi connectivity index (χ2v) is 8.43. The lowest BCUT2D eigenvalue weighted by Crippen LogP contribution is -2.65. The number of carbonyl (C=O) groups excluding carboxylic acids is 4. The number of piperidine rings is 2. The van der Waals surface area contributed by atoms with Crippen LogP contribution in [0.4, 0.5) is 0 Å². The van der Waals surface area contributed by atoms with Gasteiger partial charge in [0.15, 0.2) is 0 Å². The Morgan fingerprint density at radius 2 is 1.83 bits per heavy atom. The third kappa shape index (κ3) is 6.97. The van der Waals surface area contributed by atoms with Crippen molar-refractivity contribution in [3.63, 3.8) is 0 Å². The number of amides is 3. The van der Waals surface area contributed by atoms with Crippen LogP contribution in [0, 0.1) is 11.8 Å². The first kappa shape index (κ1) is 24.1. The molecule has 0 aromatic rings. The molecule has 3 amide bonds. The van der Waals surface area contributed by atoms with E-state index < -0.39 is 23.5 Å². The molecule has 3 N–H and O–H groups in total. The van der Waals surface area contributed by atoms with Crippen molar-refractivity contribution in [2.45, 2.75) is 65.0 Å². The zero-order valence-corrected chi connectivity index (χ0v) is 18.4. The van der Waals surface area contributed by atoms with E-state index in [1.165, 1.54) is 13.8 Å². The summed E-state index contributed by atoms with van der Waals surface area (Å²) >= 11 is 0. The van der Waals surface area contributed by atoms with E-state index in [0.29, 0.717) is 31.8 Å². The van der Waals surface area contributed by atoms with Gasteiger partial charge < -0.3 is 25.6 Å². The normalized spacial score (nSPS) is 22.0. The molecule has 0 aromatic carbocycles. The van der Waals surface area contributed by atoms with Gasteiger partial charge in [0.25, 0.3) is 0 Å². The van der Waals surface area contributed by atoms with E-state index in [1.54, 1.807) is 11.8 Å². The highest BCUT2D eigenvalue weighted by Crippen LogP contribution is 2.22. The summed E-state index contributed by atoms with van der Waals surface area (Å²) in [6.45, 7) is 7.47. The molecule has 2 aliphatic rings. The third-order valence-electron chi connectivity index (χ3n) is 5.85. The molecule has 0 unspecified atom stereocenters. The van der Waals surface area contributed by atoms with Gasteiger partial charge in [0.2, 0.25) is 23.4 Å². The maximum atomic E-state index is 12.9. The van der Waals surface area contributed by atoms with Crippen molar-refractivity contribution in [3.05, 3.63) is 0 Å². The fraction of sp³-hybridized carbons (Fsp3) is 0.810. The molecule has 9 heteroatoms. The summed E-state index contributed by atoms with van der Waals surface area (Å²) in [6.07, 6.45) is 4.96. The van der Waals surface area contributed by atoms with Crippen LogP contribution in [-0.2, 0) is 23.9 Å². The van der Waals surface area contributed by atoms with Gasteiger partial charge in [-0.2, -0.15) is 0 Å². The van der Waals surface area contributed by atoms with Crippen LogP contribution in [0.2, 0.25) is 0 Å². The smallest absolute Gasteiger partial charge is 0.352 e. The van der Waals surface area contributed by atoms with Crippen LogP contribution in [0.15, 0.2) is 0 Å². The minimum atomic E-state index is -1.64. The predicted octanol–water partition coefficient (Wildman–Crippen LogP) is 0.536. The van der Waals surface area contributed by atoms with Gasteiger partial charge >= 0.3 is 5.97 Å². The van der Waals surface area contributed by atoms with E-state index in [4.69, 9.17) is 4.74 Å². The standard InChI is InChI=1S/C21H36N4O5/c1-4-30-20(29)21(3,23-15(2)26)24-19(28)17-6-5-13-25(14-17)18(27)8-7-16-9-11-22-12-10-16/h16-17,22H,4-14H2,1-3H3,(H,23,26)(H,24,28)/t17-,21+/m1/s1. The van der Waals surface area contributed by atoms with Gasteiger partial charge in [-0.25, -0.2) is 4.79 Å². The van der Waals surface area contributed by atoms with Gasteiger partial charge in [-0.15, -0.1) is 0 Å². The molecule has 0 saturated carbocycles. The van der Waals surface area contributed by atoms with Crippen LogP contribution >= 0.6 is 0 Å². The van der Waals surface area contributed by atoms with E-state index in [9.17, 15) is 19.2 Å². The minimum absolute atomic E-state index is 0.0843. The molecule has 0 radical (unpaired) electrons. The molecule has 2 saturated heterocycles. The van der Waals surface area contributed by atoms with Gasteiger partial charge in [0, 0.05) is 26.4 Å². The van der Waals surface area contributed by atoms with Crippen LogP contribution in [-0.4, -0.2) is 67.0 Å². The third-order valence-corrected chi connectivity index (χ3v) is 5.85. The Bertz CT molecular complexity index is 635. The molecule has 0 aromatic heterocycles. The Morgan fingerprint density at radius 1 is 1.13 bits per heavy atom. The number of ether oxygens (including phenoxy) is 1. The first-order chi connectivity index (χ1) is 14.2. The number of hydrogen-bond acceptors (Lipinski definition) is 6. The molecule has 2 aliphatic heterocycles. The van der Waals surface area contributed by atoms with Crippen LogP contribution in [0.5, 0.6) is 0 Å². The first-order valence-corrected chi connectivity index (χ1v) is 11.0. The van der Waals surface area contributed by atoms with Crippen LogP contribution in [0.1, 0.15) is 59.3 Å². The summed E-state index contributed by atoms with van der Waals surface area (Å²) < 4.78 is 5.01. The van der Waals surface area contributed by atoms with Gasteiger partial charge in [-0.05, 0) is 65.0 Å². The Morgan fingerprint density at radius 3 is 2.47 bits per heavy atom. The second kappa shape index (κ2) is 11.3. The number of nitrogens with zero attached hydrogens (tertiary/aromatic N) is 1. The molecular weight excluding hydrogens is 388 g/mol. The molecule has 2 fully saturated rings. The highest BCUT2D eigenvalue weighted by atomic mass is 16.5. The lowest BCUT2D eigenvalue weighted by Gasteiger charge is -2.35. The quantitative estimate of drug-likeness (QED) is 0.387. The molecule has 0 aliphatic carbocycles. The molecule has 2 heterocycles. The molecular formula is C21H36N4O5. The van der Waals surface area contributed by atoms with Gasteiger partial charge in [0.05, 0.1) is 12.5 Å². The van der Waals surface area contributed by atoms with E-state index in [2.05, 4.69) is 16.0 Å². The van der Waals surface area contributed by atoms with E-state index in [1.807, 2.05) is 0 Å². The maximum absolute atomic E-state index is 12.9. The molecule has 30 heavy (non-hydrogen) atoms. The molecule has 170 valence electrons. The van der Waals surface area contributed by atoms with E-state index >= 15 is 0 Å². The fourth-order valence-corrected chi connectivity index (χ4v) is 4.18. The summed E-state index contributed by atoms with van der Waals surface area (Å²) in [6, 6.07) is 0. The lowest BCUT2D eigenvalue weighted by atomic mass is 9.92. The number of rotatable bonds is 8. The predicted molar refractivity (Wildman–Crippen MR) is 111 cm³/mol. The molecule has 9 nitrogen and oxygen atoms in total. The Labute approximate surface area is 178 Å². The van der Waals surface area contributed by atoms with Crippen molar-refractivity contribution in [1.82, 2.24) is 20.9 Å². The Hall–Kier alpha value is -2.16. The van der Waals surface area contributed by atoms with Crippen molar-refractivity contribution in [2.24, 2.45) is 11.8 Å². The average molecular weight is 425 g/mol. The lowest BCUT2D eigenvalue weighted by molar-refractivity contribution is -0.157. The van der Waals surface area contributed by atoms with Crippen LogP contribution < -0.4 is 16.0 Å². The molecule has 0 bridgehead atoms. The molecule has 2 atom stereocenters. The molecule has 2 rings (SSSR count). The summed E-state index contributed by atoms with van der Waals surface area (Å²) in [4.78, 5) is 51.2. The Kier molecular flexibility index (Phi) is 9.08. The SMILES string of the molecule is CCOC(=O)[C@@](C)(NC(C)=O)NC(=O)[C@@H]1CCCN(C(=O)CCC2CCNCC2)C1. The number of esters is 1. The zero-order chi connectivity index (χ0) is 22.1. The van der Waals surface area contributed by atoms with Crippen molar-refractivity contribution < 1.29 is 23.9 Å². The summed E-state index contributed by atoms with van der Waals surface area (Å²) in [5, 5.41) is 8.43. The molecule has 0 spiro atoms. The Balaban J connectivity index is 1.92. The number of hydrogen-bond donors (Lipinski definition) is 3. The summed E-state index contributed by atoms with van der Waals surface area (Å²) in [5.74, 6) is -1.30. The summed E-state index contributed by atoms with van der Waals surface area (Å²) in [7, 11) is 0. The summed E-state index contributed by atoms with van der Waals surface area (Å²) in [5.41, 5.74) is -1.64. The van der Waals surface area contributed by atoms with Crippen molar-refractivity contribution in [1.29, 1.82) is 0 Å². The van der Waals surface area contributed by atoms with E-state index in [0.717, 1.165) is 38.8 Å².